The van der Waals surface area contributed by atoms with Gasteiger partial charge in [0.05, 0.1) is 17.8 Å². The zero-order valence-electron chi connectivity index (χ0n) is 11.5. The van der Waals surface area contributed by atoms with Crippen molar-refractivity contribution >= 4 is 0 Å². The highest BCUT2D eigenvalue weighted by Gasteiger charge is 2.30. The molecule has 0 aliphatic heterocycles. The molecule has 3 rings (SSSR count). The van der Waals surface area contributed by atoms with Crippen LogP contribution in [0.4, 0.5) is 13.2 Å². The van der Waals surface area contributed by atoms with E-state index in [0.29, 0.717) is 11.3 Å². The van der Waals surface area contributed by atoms with Gasteiger partial charge in [-0.15, -0.1) is 0 Å². The van der Waals surface area contributed by atoms with Crippen LogP contribution in [0.3, 0.4) is 0 Å². The van der Waals surface area contributed by atoms with Gasteiger partial charge in [-0.2, -0.15) is 18.3 Å². The Morgan fingerprint density at radius 3 is 2.55 bits per heavy atom. The van der Waals surface area contributed by atoms with Crippen molar-refractivity contribution in [3.8, 4) is 11.4 Å². The normalized spacial score (nSPS) is 11.6. The first-order chi connectivity index (χ1) is 10.5. The van der Waals surface area contributed by atoms with Gasteiger partial charge in [0.15, 0.2) is 0 Å². The van der Waals surface area contributed by atoms with Gasteiger partial charge in [-0.25, -0.2) is 0 Å². The fourth-order valence-electron chi connectivity index (χ4n) is 2.13. The van der Waals surface area contributed by atoms with Crippen molar-refractivity contribution in [1.29, 1.82) is 0 Å². The third-order valence-electron chi connectivity index (χ3n) is 3.17. The van der Waals surface area contributed by atoms with Crippen LogP contribution in [-0.4, -0.2) is 14.8 Å². The average Bonchev–Trinajstić information content (AvgIpc) is 2.96. The summed E-state index contributed by atoms with van der Waals surface area (Å²) in [6.45, 7) is 0.275. The largest absolute Gasteiger partial charge is 0.416 e. The summed E-state index contributed by atoms with van der Waals surface area (Å²) in [4.78, 5) is 4.19. The van der Waals surface area contributed by atoms with Gasteiger partial charge >= 0.3 is 6.18 Å². The van der Waals surface area contributed by atoms with E-state index in [1.807, 2.05) is 18.2 Å². The number of benzene rings is 1. The van der Waals surface area contributed by atoms with Crippen molar-refractivity contribution in [2.45, 2.75) is 12.7 Å². The van der Waals surface area contributed by atoms with E-state index in [9.17, 15) is 13.2 Å². The molecule has 0 amide bonds. The Kier molecular flexibility index (Phi) is 3.66. The van der Waals surface area contributed by atoms with Gasteiger partial charge < -0.3 is 0 Å². The maximum atomic E-state index is 12.7. The molecule has 2 aromatic heterocycles. The van der Waals surface area contributed by atoms with Crippen molar-refractivity contribution in [2.75, 3.05) is 0 Å². The third-order valence-corrected chi connectivity index (χ3v) is 3.17. The molecule has 0 saturated carbocycles. The van der Waals surface area contributed by atoms with Crippen LogP contribution >= 0.6 is 0 Å². The molecule has 0 bridgehead atoms. The molecule has 6 heteroatoms. The molecular formula is C16H12F3N3. The SMILES string of the molecule is FC(F)(F)c1cccc(Cn2ccc(-c3ccccn3)n2)c1. The highest BCUT2D eigenvalue weighted by Crippen LogP contribution is 2.29. The number of hydrogen-bond donors (Lipinski definition) is 0. The highest BCUT2D eigenvalue weighted by molar-refractivity contribution is 5.52. The molecule has 2 heterocycles. The molecule has 1 aromatic carbocycles. The first kappa shape index (κ1) is 14.3. The lowest BCUT2D eigenvalue weighted by atomic mass is 10.1. The molecule has 3 aromatic rings. The summed E-state index contributed by atoms with van der Waals surface area (Å²) in [5, 5.41) is 4.34. The summed E-state index contributed by atoms with van der Waals surface area (Å²) in [7, 11) is 0. The van der Waals surface area contributed by atoms with Crippen LogP contribution in [0.25, 0.3) is 11.4 Å². The lowest BCUT2D eigenvalue weighted by Crippen LogP contribution is -2.07. The number of rotatable bonds is 3. The zero-order chi connectivity index (χ0) is 15.6. The minimum absolute atomic E-state index is 0.275. The van der Waals surface area contributed by atoms with Crippen LogP contribution in [0, 0.1) is 0 Å². The van der Waals surface area contributed by atoms with Crippen molar-refractivity contribution in [2.24, 2.45) is 0 Å². The van der Waals surface area contributed by atoms with Crippen LogP contribution in [-0.2, 0) is 12.7 Å². The Labute approximate surface area is 125 Å². The number of nitrogens with zero attached hydrogens (tertiary/aromatic N) is 3. The average molecular weight is 303 g/mol. The van der Waals surface area contributed by atoms with Crippen LogP contribution in [0.5, 0.6) is 0 Å². The maximum Gasteiger partial charge on any atom is 0.416 e. The Hall–Kier alpha value is -2.63. The topological polar surface area (TPSA) is 30.7 Å². The lowest BCUT2D eigenvalue weighted by molar-refractivity contribution is -0.137. The standard InChI is InChI=1S/C16H12F3N3/c17-16(18,19)13-5-3-4-12(10-13)11-22-9-7-15(21-22)14-6-1-2-8-20-14/h1-10H,11H2. The monoisotopic (exact) mass is 303 g/mol. The fraction of sp³-hybridized carbons (Fsp3) is 0.125. The van der Waals surface area contributed by atoms with Gasteiger partial charge in [-0.3, -0.25) is 9.67 Å². The van der Waals surface area contributed by atoms with Crippen LogP contribution in [0.1, 0.15) is 11.1 Å². The second-order valence-corrected chi connectivity index (χ2v) is 4.81. The quantitative estimate of drug-likeness (QED) is 0.732. The highest BCUT2D eigenvalue weighted by atomic mass is 19.4. The molecule has 3 nitrogen and oxygen atoms in total. The second-order valence-electron chi connectivity index (χ2n) is 4.81. The fourth-order valence-corrected chi connectivity index (χ4v) is 2.13. The summed E-state index contributed by atoms with van der Waals surface area (Å²) < 4.78 is 39.7. The molecule has 0 atom stereocenters. The summed E-state index contributed by atoms with van der Waals surface area (Å²) >= 11 is 0. The van der Waals surface area contributed by atoms with E-state index in [1.54, 1.807) is 29.2 Å². The second kappa shape index (κ2) is 5.63. The summed E-state index contributed by atoms with van der Waals surface area (Å²) in [5.41, 5.74) is 1.31. The van der Waals surface area contributed by atoms with Gasteiger partial charge in [-0.05, 0) is 35.9 Å². The van der Waals surface area contributed by atoms with Crippen LogP contribution in [0.2, 0.25) is 0 Å². The summed E-state index contributed by atoms with van der Waals surface area (Å²) in [6.07, 6.45) is -0.940. The van der Waals surface area contributed by atoms with Gasteiger partial charge in [0.2, 0.25) is 0 Å². The van der Waals surface area contributed by atoms with E-state index in [4.69, 9.17) is 0 Å². The number of hydrogen-bond acceptors (Lipinski definition) is 2. The number of aromatic nitrogens is 3. The predicted octanol–water partition coefficient (Wildman–Crippen LogP) is 4.01. The van der Waals surface area contributed by atoms with Gasteiger partial charge in [-0.1, -0.05) is 18.2 Å². The smallest absolute Gasteiger partial charge is 0.268 e. The van der Waals surface area contributed by atoms with Crippen molar-refractivity contribution in [1.82, 2.24) is 14.8 Å². The van der Waals surface area contributed by atoms with Gasteiger partial charge in [0, 0.05) is 12.4 Å². The molecule has 0 radical (unpaired) electrons. The van der Waals surface area contributed by atoms with E-state index < -0.39 is 11.7 Å². The molecule has 0 aliphatic carbocycles. The van der Waals surface area contributed by atoms with E-state index >= 15 is 0 Å². The van der Waals surface area contributed by atoms with E-state index in [1.165, 1.54) is 6.07 Å². The Bertz CT molecular complexity index is 764. The van der Waals surface area contributed by atoms with Crippen molar-refractivity contribution in [3.63, 3.8) is 0 Å². The molecule has 22 heavy (non-hydrogen) atoms. The number of halogens is 3. The first-order valence-electron chi connectivity index (χ1n) is 6.63. The minimum atomic E-state index is -4.33. The van der Waals surface area contributed by atoms with E-state index in [0.717, 1.165) is 17.8 Å². The van der Waals surface area contributed by atoms with Crippen LogP contribution < -0.4 is 0 Å². The van der Waals surface area contributed by atoms with E-state index in [-0.39, 0.29) is 6.54 Å². The summed E-state index contributed by atoms with van der Waals surface area (Å²) in [5.74, 6) is 0. The van der Waals surface area contributed by atoms with Gasteiger partial charge in [0.1, 0.15) is 5.69 Å². The zero-order valence-corrected chi connectivity index (χ0v) is 11.5. The Balaban J connectivity index is 1.81. The molecule has 0 aliphatic rings. The molecule has 0 saturated heterocycles. The van der Waals surface area contributed by atoms with Crippen molar-refractivity contribution in [3.05, 3.63) is 72.1 Å². The van der Waals surface area contributed by atoms with Crippen molar-refractivity contribution < 1.29 is 13.2 Å². The molecule has 0 N–H and O–H groups in total. The molecule has 0 spiro atoms. The van der Waals surface area contributed by atoms with Gasteiger partial charge in [0.25, 0.3) is 0 Å². The predicted molar refractivity (Wildman–Crippen MR) is 76.0 cm³/mol. The van der Waals surface area contributed by atoms with E-state index in [2.05, 4.69) is 10.1 Å². The van der Waals surface area contributed by atoms with Crippen LogP contribution in [0.15, 0.2) is 60.9 Å². The lowest BCUT2D eigenvalue weighted by Gasteiger charge is -2.08. The Morgan fingerprint density at radius 2 is 1.82 bits per heavy atom. The molecule has 112 valence electrons. The molecule has 0 fully saturated rings. The number of alkyl halides is 3. The third kappa shape index (κ3) is 3.16. The molecule has 0 unspecified atom stereocenters. The Morgan fingerprint density at radius 1 is 0.955 bits per heavy atom. The summed E-state index contributed by atoms with van der Waals surface area (Å²) in [6, 6.07) is 12.5. The maximum absolute atomic E-state index is 12.7. The number of pyridine rings is 1. The first-order valence-corrected chi connectivity index (χ1v) is 6.63. The molecular weight excluding hydrogens is 291 g/mol. The minimum Gasteiger partial charge on any atom is -0.268 e.